The highest BCUT2D eigenvalue weighted by Gasteiger charge is 2.18. The molecule has 0 aromatic heterocycles. The van der Waals surface area contributed by atoms with Crippen molar-refractivity contribution < 1.29 is 4.79 Å². The normalized spacial score (nSPS) is 11.9. The van der Waals surface area contributed by atoms with Crippen LogP contribution in [0, 0.1) is 0 Å². The molecular weight excluding hydrogens is 278 g/mol. The summed E-state index contributed by atoms with van der Waals surface area (Å²) in [4.78, 5) is 14.1. The van der Waals surface area contributed by atoms with Crippen LogP contribution in [0.3, 0.4) is 0 Å². The Balaban J connectivity index is 1.84. The number of carbonyl (C=O) groups is 1. The molecule has 0 aliphatic heterocycles. The van der Waals surface area contributed by atoms with Gasteiger partial charge in [-0.2, -0.15) is 12.6 Å². The van der Waals surface area contributed by atoms with E-state index < -0.39 is 0 Å². The molecule has 21 heavy (non-hydrogen) atoms. The summed E-state index contributed by atoms with van der Waals surface area (Å²) < 4.78 is 0. The third-order valence-corrected chi connectivity index (χ3v) is 3.92. The Labute approximate surface area is 132 Å². The number of amides is 1. The van der Waals surface area contributed by atoms with Gasteiger partial charge >= 0.3 is 0 Å². The van der Waals surface area contributed by atoms with Crippen molar-refractivity contribution in [2.24, 2.45) is 0 Å². The van der Waals surface area contributed by atoms with E-state index in [1.807, 2.05) is 55.6 Å². The molecule has 0 saturated heterocycles. The highest BCUT2D eigenvalue weighted by atomic mass is 32.1. The average molecular weight is 299 g/mol. The van der Waals surface area contributed by atoms with E-state index in [4.69, 9.17) is 0 Å². The summed E-state index contributed by atoms with van der Waals surface area (Å²) in [5.74, 6) is 0.0816. The van der Waals surface area contributed by atoms with Crippen LogP contribution < -0.4 is 0 Å². The number of hydrogen-bond donors (Lipinski definition) is 1. The van der Waals surface area contributed by atoms with E-state index in [2.05, 4.69) is 24.8 Å². The minimum Gasteiger partial charge on any atom is -0.344 e. The van der Waals surface area contributed by atoms with Crippen LogP contribution in [0.5, 0.6) is 0 Å². The molecule has 0 heterocycles. The Kier molecular flexibility index (Phi) is 5.88. The van der Waals surface area contributed by atoms with E-state index in [0.29, 0.717) is 13.0 Å². The molecule has 0 saturated carbocycles. The zero-order valence-electron chi connectivity index (χ0n) is 12.3. The quantitative estimate of drug-likeness (QED) is 0.812. The summed E-state index contributed by atoms with van der Waals surface area (Å²) in [6.45, 7) is 0.717. The molecule has 0 N–H and O–H groups in total. The van der Waals surface area contributed by atoms with E-state index in [9.17, 15) is 4.79 Å². The third kappa shape index (κ3) is 4.94. The van der Waals surface area contributed by atoms with Gasteiger partial charge in [0.15, 0.2) is 0 Å². The van der Waals surface area contributed by atoms with Crippen molar-refractivity contribution in [3.63, 3.8) is 0 Å². The van der Waals surface area contributed by atoms with Crippen LogP contribution in [0.1, 0.15) is 11.1 Å². The molecule has 1 atom stereocenters. The lowest BCUT2D eigenvalue weighted by molar-refractivity contribution is -0.129. The fourth-order valence-corrected chi connectivity index (χ4v) is 2.64. The second-order valence-corrected chi connectivity index (χ2v) is 5.82. The van der Waals surface area contributed by atoms with Crippen LogP contribution in [-0.4, -0.2) is 29.6 Å². The Bertz CT molecular complexity index is 556. The highest BCUT2D eigenvalue weighted by molar-refractivity contribution is 7.81. The van der Waals surface area contributed by atoms with E-state index in [1.54, 1.807) is 4.90 Å². The summed E-state index contributed by atoms with van der Waals surface area (Å²) >= 11 is 4.46. The molecule has 0 fully saturated rings. The fourth-order valence-electron chi connectivity index (χ4n) is 2.23. The second kappa shape index (κ2) is 7.89. The summed E-state index contributed by atoms with van der Waals surface area (Å²) in [5.41, 5.74) is 2.39. The second-order valence-electron chi connectivity index (χ2n) is 5.20. The predicted octanol–water partition coefficient (Wildman–Crippen LogP) is 3.23. The van der Waals surface area contributed by atoms with Crippen molar-refractivity contribution >= 4 is 18.5 Å². The summed E-state index contributed by atoms with van der Waals surface area (Å²) in [5, 5.41) is -0.284. The number of benzene rings is 2. The molecule has 0 bridgehead atoms. The van der Waals surface area contributed by atoms with Crippen LogP contribution in [0.25, 0.3) is 0 Å². The smallest absolute Gasteiger partial charge is 0.235 e. The SMILES string of the molecule is CN(CCc1ccccc1)C(=O)C(S)Cc1ccccc1. The molecule has 0 aliphatic rings. The molecular formula is C18H21NOS. The van der Waals surface area contributed by atoms with Gasteiger partial charge in [-0.3, -0.25) is 4.79 Å². The van der Waals surface area contributed by atoms with E-state index >= 15 is 0 Å². The van der Waals surface area contributed by atoms with Crippen LogP contribution in [0.2, 0.25) is 0 Å². The van der Waals surface area contributed by atoms with E-state index in [1.165, 1.54) is 5.56 Å². The van der Waals surface area contributed by atoms with Gasteiger partial charge in [-0.25, -0.2) is 0 Å². The molecule has 2 rings (SSSR count). The van der Waals surface area contributed by atoms with Gasteiger partial charge in [-0.1, -0.05) is 60.7 Å². The zero-order chi connectivity index (χ0) is 15.1. The Morgan fingerprint density at radius 3 is 2.10 bits per heavy atom. The number of nitrogens with zero attached hydrogens (tertiary/aromatic N) is 1. The summed E-state index contributed by atoms with van der Waals surface area (Å²) in [6, 6.07) is 20.2. The van der Waals surface area contributed by atoms with Crippen molar-refractivity contribution in [2.75, 3.05) is 13.6 Å². The number of thiol groups is 1. The maximum Gasteiger partial charge on any atom is 0.235 e. The maximum absolute atomic E-state index is 12.3. The van der Waals surface area contributed by atoms with Crippen LogP contribution >= 0.6 is 12.6 Å². The van der Waals surface area contributed by atoms with Gasteiger partial charge in [0, 0.05) is 13.6 Å². The summed E-state index contributed by atoms with van der Waals surface area (Å²) in [6.07, 6.45) is 1.54. The lowest BCUT2D eigenvalue weighted by atomic mass is 10.1. The van der Waals surface area contributed by atoms with E-state index in [-0.39, 0.29) is 11.2 Å². The van der Waals surface area contributed by atoms with Crippen molar-refractivity contribution in [3.8, 4) is 0 Å². The highest BCUT2D eigenvalue weighted by Crippen LogP contribution is 2.11. The van der Waals surface area contributed by atoms with Crippen molar-refractivity contribution in [1.29, 1.82) is 0 Å². The Morgan fingerprint density at radius 2 is 1.52 bits per heavy atom. The van der Waals surface area contributed by atoms with Crippen molar-refractivity contribution in [1.82, 2.24) is 4.90 Å². The lowest BCUT2D eigenvalue weighted by Gasteiger charge is -2.21. The molecule has 0 spiro atoms. The van der Waals surface area contributed by atoms with Gasteiger partial charge in [0.1, 0.15) is 0 Å². The first kappa shape index (κ1) is 15.6. The lowest BCUT2D eigenvalue weighted by Crippen LogP contribution is -2.36. The minimum absolute atomic E-state index is 0.0816. The Hall–Kier alpha value is -1.74. The molecule has 2 nitrogen and oxygen atoms in total. The maximum atomic E-state index is 12.3. The Morgan fingerprint density at radius 1 is 1.00 bits per heavy atom. The van der Waals surface area contributed by atoms with Gasteiger partial charge in [0.05, 0.1) is 5.25 Å². The first-order valence-electron chi connectivity index (χ1n) is 7.17. The third-order valence-electron chi connectivity index (χ3n) is 3.51. The molecule has 3 heteroatoms. The molecule has 1 unspecified atom stereocenters. The van der Waals surface area contributed by atoms with Crippen LogP contribution in [-0.2, 0) is 17.6 Å². The molecule has 0 aliphatic carbocycles. The molecule has 0 radical (unpaired) electrons. The van der Waals surface area contributed by atoms with Crippen LogP contribution in [0.4, 0.5) is 0 Å². The number of rotatable bonds is 6. The fraction of sp³-hybridized carbons (Fsp3) is 0.278. The number of carbonyl (C=O) groups excluding carboxylic acids is 1. The minimum atomic E-state index is -0.284. The van der Waals surface area contributed by atoms with Gasteiger partial charge in [-0.15, -0.1) is 0 Å². The van der Waals surface area contributed by atoms with E-state index in [0.717, 1.165) is 12.0 Å². The molecule has 110 valence electrons. The van der Waals surface area contributed by atoms with Gasteiger partial charge in [-0.05, 0) is 24.0 Å². The zero-order valence-corrected chi connectivity index (χ0v) is 13.2. The first-order chi connectivity index (χ1) is 10.2. The predicted molar refractivity (Wildman–Crippen MR) is 90.7 cm³/mol. The van der Waals surface area contributed by atoms with Crippen LogP contribution in [0.15, 0.2) is 60.7 Å². The van der Waals surface area contributed by atoms with Crippen molar-refractivity contribution in [3.05, 3.63) is 71.8 Å². The largest absolute Gasteiger partial charge is 0.344 e. The standard InChI is InChI=1S/C18H21NOS/c1-19(13-12-15-8-4-2-5-9-15)18(20)17(21)14-16-10-6-3-7-11-16/h2-11,17,21H,12-14H2,1H3. The van der Waals surface area contributed by atoms with Gasteiger partial charge in [0.2, 0.25) is 5.91 Å². The number of hydrogen-bond acceptors (Lipinski definition) is 2. The first-order valence-corrected chi connectivity index (χ1v) is 7.69. The topological polar surface area (TPSA) is 20.3 Å². The molecule has 2 aromatic rings. The van der Waals surface area contributed by atoms with Gasteiger partial charge < -0.3 is 4.90 Å². The molecule has 1 amide bonds. The average Bonchev–Trinajstić information content (AvgIpc) is 2.53. The number of likely N-dealkylation sites (N-methyl/N-ethyl adjacent to an activating group) is 1. The van der Waals surface area contributed by atoms with Crippen molar-refractivity contribution in [2.45, 2.75) is 18.1 Å². The summed E-state index contributed by atoms with van der Waals surface area (Å²) in [7, 11) is 1.85. The van der Waals surface area contributed by atoms with Gasteiger partial charge in [0.25, 0.3) is 0 Å². The monoisotopic (exact) mass is 299 g/mol. The molecule has 2 aromatic carbocycles.